The first-order chi connectivity index (χ1) is 10.7. The molecule has 2 aromatic heterocycles. The van der Waals surface area contributed by atoms with Crippen molar-refractivity contribution in [3.8, 4) is 28.5 Å². The average Bonchev–Trinajstić information content (AvgIpc) is 2.94. The molecule has 0 amide bonds. The number of hydrogen-bond donors (Lipinski definition) is 1. The molecule has 6 heteroatoms. The van der Waals surface area contributed by atoms with Gasteiger partial charge in [0.1, 0.15) is 5.52 Å². The number of aryl methyl sites for hydroxylation is 1. The molecule has 2 heterocycles. The van der Waals surface area contributed by atoms with Crippen molar-refractivity contribution in [3.05, 3.63) is 30.1 Å². The van der Waals surface area contributed by atoms with Crippen LogP contribution in [-0.4, -0.2) is 36.3 Å². The van der Waals surface area contributed by atoms with Crippen molar-refractivity contribution in [2.24, 2.45) is 0 Å². The van der Waals surface area contributed by atoms with E-state index in [1.54, 1.807) is 27.5 Å². The fourth-order valence-electron chi connectivity index (χ4n) is 2.38. The first-order valence-electron chi connectivity index (χ1n) is 6.79. The molecule has 0 saturated heterocycles. The standard InChI is InChI=1S/C16H17N3O3/c1-9-7-17-16-14(9)19-11(8-18-16)10-5-12(20-2)15(22-4)13(6-10)21-3/h5-8H,1-4H3,(H,17,18). The van der Waals surface area contributed by atoms with Gasteiger partial charge in [-0.25, -0.2) is 9.97 Å². The van der Waals surface area contributed by atoms with Crippen molar-refractivity contribution in [2.75, 3.05) is 21.3 Å². The summed E-state index contributed by atoms with van der Waals surface area (Å²) in [7, 11) is 4.76. The van der Waals surface area contributed by atoms with Crippen LogP contribution in [0, 0.1) is 6.92 Å². The van der Waals surface area contributed by atoms with Gasteiger partial charge in [-0.05, 0) is 24.6 Å². The number of fused-ring (bicyclic) bond motifs is 1. The van der Waals surface area contributed by atoms with E-state index in [2.05, 4.69) is 15.0 Å². The van der Waals surface area contributed by atoms with E-state index in [1.807, 2.05) is 25.3 Å². The highest BCUT2D eigenvalue weighted by molar-refractivity contribution is 5.78. The maximum absolute atomic E-state index is 5.38. The van der Waals surface area contributed by atoms with Crippen LogP contribution < -0.4 is 14.2 Å². The third-order valence-electron chi connectivity index (χ3n) is 3.53. The third kappa shape index (κ3) is 2.22. The molecule has 0 bridgehead atoms. The smallest absolute Gasteiger partial charge is 0.203 e. The molecule has 3 aromatic rings. The second-order valence-electron chi connectivity index (χ2n) is 4.84. The number of rotatable bonds is 4. The van der Waals surface area contributed by atoms with Gasteiger partial charge in [-0.3, -0.25) is 0 Å². The fraction of sp³-hybridized carbons (Fsp3) is 0.250. The summed E-state index contributed by atoms with van der Waals surface area (Å²) in [4.78, 5) is 12.2. The highest BCUT2D eigenvalue weighted by atomic mass is 16.5. The van der Waals surface area contributed by atoms with Gasteiger partial charge in [0.15, 0.2) is 17.1 Å². The van der Waals surface area contributed by atoms with Crippen molar-refractivity contribution < 1.29 is 14.2 Å². The third-order valence-corrected chi connectivity index (χ3v) is 3.53. The maximum atomic E-state index is 5.38. The van der Waals surface area contributed by atoms with Crippen LogP contribution >= 0.6 is 0 Å². The maximum Gasteiger partial charge on any atom is 0.203 e. The monoisotopic (exact) mass is 299 g/mol. The van der Waals surface area contributed by atoms with Crippen LogP contribution in [0.5, 0.6) is 17.2 Å². The number of nitrogens with one attached hydrogen (secondary N) is 1. The van der Waals surface area contributed by atoms with Gasteiger partial charge in [0.05, 0.1) is 33.2 Å². The summed E-state index contributed by atoms with van der Waals surface area (Å²) in [5.41, 5.74) is 4.27. The molecule has 0 fully saturated rings. The Kier molecular flexibility index (Phi) is 3.58. The number of aromatic amines is 1. The van der Waals surface area contributed by atoms with Crippen LogP contribution in [0.1, 0.15) is 5.56 Å². The fourth-order valence-corrected chi connectivity index (χ4v) is 2.38. The Balaban J connectivity index is 2.18. The number of benzene rings is 1. The number of hydrogen-bond acceptors (Lipinski definition) is 5. The van der Waals surface area contributed by atoms with Gasteiger partial charge in [0.25, 0.3) is 0 Å². The number of aromatic nitrogens is 3. The Morgan fingerprint density at radius 2 is 1.68 bits per heavy atom. The van der Waals surface area contributed by atoms with E-state index in [1.165, 1.54) is 0 Å². The minimum Gasteiger partial charge on any atom is -0.493 e. The van der Waals surface area contributed by atoms with Crippen molar-refractivity contribution in [1.82, 2.24) is 15.0 Å². The van der Waals surface area contributed by atoms with Gasteiger partial charge in [0, 0.05) is 11.8 Å². The molecule has 0 atom stereocenters. The lowest BCUT2D eigenvalue weighted by atomic mass is 10.1. The van der Waals surface area contributed by atoms with Gasteiger partial charge in [-0.15, -0.1) is 0 Å². The summed E-state index contributed by atoms with van der Waals surface area (Å²) in [6, 6.07) is 3.72. The number of nitrogens with zero attached hydrogens (tertiary/aromatic N) is 2. The SMILES string of the molecule is COc1cc(-c2cnc3[nH]cc(C)c3n2)cc(OC)c1OC. The molecule has 22 heavy (non-hydrogen) atoms. The topological polar surface area (TPSA) is 69.3 Å². The molecule has 0 radical (unpaired) electrons. The normalized spacial score (nSPS) is 10.7. The van der Waals surface area contributed by atoms with E-state index < -0.39 is 0 Å². The van der Waals surface area contributed by atoms with E-state index in [0.29, 0.717) is 17.2 Å². The van der Waals surface area contributed by atoms with Crippen molar-refractivity contribution >= 4 is 11.2 Å². The van der Waals surface area contributed by atoms with Crippen LogP contribution in [0.25, 0.3) is 22.4 Å². The Hall–Kier alpha value is -2.76. The molecule has 0 aliphatic rings. The zero-order valence-electron chi connectivity index (χ0n) is 12.9. The Morgan fingerprint density at radius 3 is 2.27 bits per heavy atom. The minimum absolute atomic E-state index is 0.556. The minimum atomic E-state index is 0.556. The van der Waals surface area contributed by atoms with E-state index in [9.17, 15) is 0 Å². The Labute approximate surface area is 128 Å². The zero-order chi connectivity index (χ0) is 15.7. The van der Waals surface area contributed by atoms with Gasteiger partial charge in [0.2, 0.25) is 5.75 Å². The molecule has 0 spiro atoms. The van der Waals surface area contributed by atoms with E-state index >= 15 is 0 Å². The van der Waals surface area contributed by atoms with Crippen molar-refractivity contribution in [2.45, 2.75) is 6.92 Å². The molecule has 0 saturated carbocycles. The van der Waals surface area contributed by atoms with Crippen molar-refractivity contribution in [1.29, 1.82) is 0 Å². The lowest BCUT2D eigenvalue weighted by molar-refractivity contribution is 0.324. The quantitative estimate of drug-likeness (QED) is 0.802. The summed E-state index contributed by atoms with van der Waals surface area (Å²) in [6.07, 6.45) is 3.61. The molecule has 3 rings (SSSR count). The van der Waals surface area contributed by atoms with E-state index in [0.717, 1.165) is 28.0 Å². The lowest BCUT2D eigenvalue weighted by Crippen LogP contribution is -1.96. The lowest BCUT2D eigenvalue weighted by Gasteiger charge is -2.13. The first-order valence-corrected chi connectivity index (χ1v) is 6.79. The number of methoxy groups -OCH3 is 3. The van der Waals surface area contributed by atoms with Gasteiger partial charge in [-0.2, -0.15) is 0 Å². The second kappa shape index (κ2) is 5.55. The Morgan fingerprint density at radius 1 is 1.00 bits per heavy atom. The van der Waals surface area contributed by atoms with Crippen molar-refractivity contribution in [3.63, 3.8) is 0 Å². The molecular weight excluding hydrogens is 282 g/mol. The van der Waals surface area contributed by atoms with E-state index in [4.69, 9.17) is 14.2 Å². The molecule has 6 nitrogen and oxygen atoms in total. The van der Waals surface area contributed by atoms with Crippen LogP contribution in [0.3, 0.4) is 0 Å². The largest absolute Gasteiger partial charge is 0.493 e. The number of H-pyrrole nitrogens is 1. The van der Waals surface area contributed by atoms with Crippen LogP contribution in [0.15, 0.2) is 24.5 Å². The van der Waals surface area contributed by atoms with Crippen LogP contribution in [0.2, 0.25) is 0 Å². The zero-order valence-corrected chi connectivity index (χ0v) is 12.9. The molecule has 0 aliphatic heterocycles. The van der Waals surface area contributed by atoms with Crippen LogP contribution in [-0.2, 0) is 0 Å². The molecule has 0 aliphatic carbocycles. The predicted octanol–water partition coefficient (Wildman–Crippen LogP) is 2.96. The molecule has 1 aromatic carbocycles. The van der Waals surface area contributed by atoms with Gasteiger partial charge >= 0.3 is 0 Å². The van der Waals surface area contributed by atoms with E-state index in [-0.39, 0.29) is 0 Å². The summed E-state index contributed by atoms with van der Waals surface area (Å²) >= 11 is 0. The predicted molar refractivity (Wildman–Crippen MR) is 83.7 cm³/mol. The summed E-state index contributed by atoms with van der Waals surface area (Å²) in [5.74, 6) is 1.73. The number of ether oxygens (including phenoxy) is 3. The van der Waals surface area contributed by atoms with Gasteiger partial charge in [-0.1, -0.05) is 0 Å². The highest BCUT2D eigenvalue weighted by Gasteiger charge is 2.15. The summed E-state index contributed by atoms with van der Waals surface area (Å²) < 4.78 is 16.1. The first kappa shape index (κ1) is 14.2. The van der Waals surface area contributed by atoms with Crippen LogP contribution in [0.4, 0.5) is 0 Å². The summed E-state index contributed by atoms with van der Waals surface area (Å²) in [5, 5.41) is 0. The molecule has 0 unspecified atom stereocenters. The van der Waals surface area contributed by atoms with Gasteiger partial charge < -0.3 is 19.2 Å². The second-order valence-corrected chi connectivity index (χ2v) is 4.84. The molecule has 114 valence electrons. The summed E-state index contributed by atoms with van der Waals surface area (Å²) in [6.45, 7) is 1.99. The molecular formula is C16H17N3O3. The average molecular weight is 299 g/mol. The Bertz CT molecular complexity index is 802. The highest BCUT2D eigenvalue weighted by Crippen LogP contribution is 2.40. The molecule has 1 N–H and O–H groups in total.